The van der Waals surface area contributed by atoms with Crippen molar-refractivity contribution < 1.29 is 0 Å². The maximum Gasteiger partial charge on any atom is 0.0555 e. The third kappa shape index (κ3) is 4.04. The molecular formula is C48H28BrN3S. The van der Waals surface area contributed by atoms with Crippen LogP contribution in [0.4, 0.5) is 0 Å². The Morgan fingerprint density at radius 1 is 0.340 bits per heavy atom. The molecule has 53 heavy (non-hydrogen) atoms. The molecule has 0 bridgehead atoms. The van der Waals surface area contributed by atoms with Crippen LogP contribution in [0, 0.1) is 0 Å². The zero-order chi connectivity index (χ0) is 34.8. The van der Waals surface area contributed by atoms with Crippen LogP contribution >= 0.6 is 27.3 Å². The van der Waals surface area contributed by atoms with Gasteiger partial charge in [0.25, 0.3) is 0 Å². The molecule has 4 heterocycles. The maximum atomic E-state index is 3.93. The van der Waals surface area contributed by atoms with E-state index in [0.29, 0.717) is 0 Å². The smallest absolute Gasteiger partial charge is 0.0555 e. The third-order valence-corrected chi connectivity index (χ3v) is 12.9. The van der Waals surface area contributed by atoms with E-state index in [-0.39, 0.29) is 0 Å². The molecule has 0 N–H and O–H groups in total. The molecule has 0 unspecified atom stereocenters. The second kappa shape index (κ2) is 10.9. The summed E-state index contributed by atoms with van der Waals surface area (Å²) in [5.74, 6) is 0. The van der Waals surface area contributed by atoms with Gasteiger partial charge in [-0.25, -0.2) is 0 Å². The number of rotatable bonds is 3. The molecule has 0 aliphatic heterocycles. The molecule has 0 fully saturated rings. The van der Waals surface area contributed by atoms with Crippen molar-refractivity contribution in [2.24, 2.45) is 0 Å². The second-order valence-corrected chi connectivity index (χ2v) is 15.8. The van der Waals surface area contributed by atoms with Crippen molar-refractivity contribution in [1.29, 1.82) is 0 Å². The third-order valence-electron chi connectivity index (χ3n) is 11.1. The molecule has 0 saturated heterocycles. The van der Waals surface area contributed by atoms with E-state index in [1.165, 1.54) is 91.3 Å². The van der Waals surface area contributed by atoms with E-state index >= 15 is 0 Å². The number of hydrogen-bond donors (Lipinski definition) is 0. The van der Waals surface area contributed by atoms with Crippen molar-refractivity contribution in [2.45, 2.75) is 0 Å². The summed E-state index contributed by atoms with van der Waals surface area (Å²) in [5, 5.41) is 10.0. The van der Waals surface area contributed by atoms with E-state index in [0.717, 1.165) is 15.8 Å². The van der Waals surface area contributed by atoms with Gasteiger partial charge in [-0.15, -0.1) is 11.3 Å². The molecule has 0 aliphatic rings. The van der Waals surface area contributed by atoms with Gasteiger partial charge in [-0.3, -0.25) is 0 Å². The lowest BCUT2D eigenvalue weighted by Gasteiger charge is -2.12. The largest absolute Gasteiger partial charge is 0.309 e. The summed E-state index contributed by atoms with van der Waals surface area (Å²) in [5.41, 5.74) is 10.7. The van der Waals surface area contributed by atoms with Crippen molar-refractivity contribution in [2.75, 3.05) is 0 Å². The first-order chi connectivity index (χ1) is 26.2. The SMILES string of the molecule is Brc1cccc2sc3cccc(-n4c5ccc(-n6c7ccccc7c7ccccc76)cc5c5cc(-n6c7ccccc7c7ccccc76)ccc54)c3c12. The highest BCUT2D eigenvalue weighted by molar-refractivity contribution is 9.10. The fourth-order valence-electron chi connectivity index (χ4n) is 8.93. The van der Waals surface area contributed by atoms with Crippen molar-refractivity contribution in [3.05, 3.63) is 174 Å². The molecular weight excluding hydrogens is 731 g/mol. The summed E-state index contributed by atoms with van der Waals surface area (Å²) >= 11 is 5.78. The summed E-state index contributed by atoms with van der Waals surface area (Å²) in [7, 11) is 0. The summed E-state index contributed by atoms with van der Waals surface area (Å²) < 4.78 is 11.0. The predicted octanol–water partition coefficient (Wildman–Crippen LogP) is 14.1. The molecule has 12 aromatic rings. The van der Waals surface area contributed by atoms with Crippen LogP contribution in [0.2, 0.25) is 0 Å². The van der Waals surface area contributed by atoms with Gasteiger partial charge in [0.15, 0.2) is 0 Å². The topological polar surface area (TPSA) is 14.8 Å². The molecule has 4 aromatic heterocycles. The van der Waals surface area contributed by atoms with Gasteiger partial charge in [-0.2, -0.15) is 0 Å². The van der Waals surface area contributed by atoms with Crippen LogP contribution in [0.25, 0.3) is 103 Å². The highest BCUT2D eigenvalue weighted by atomic mass is 79.9. The van der Waals surface area contributed by atoms with Crippen LogP contribution in [-0.4, -0.2) is 13.7 Å². The number of hydrogen-bond acceptors (Lipinski definition) is 1. The van der Waals surface area contributed by atoms with Crippen LogP contribution in [0.3, 0.4) is 0 Å². The lowest BCUT2D eigenvalue weighted by molar-refractivity contribution is 1.17. The maximum absolute atomic E-state index is 3.93. The number of fused-ring (bicyclic) bond motifs is 12. The highest BCUT2D eigenvalue weighted by Crippen LogP contribution is 2.45. The Labute approximate surface area is 316 Å². The van der Waals surface area contributed by atoms with Gasteiger partial charge in [0, 0.05) is 68.3 Å². The Balaban J connectivity index is 1.21. The Morgan fingerprint density at radius 2 is 0.755 bits per heavy atom. The van der Waals surface area contributed by atoms with Crippen LogP contribution in [0.1, 0.15) is 0 Å². The Morgan fingerprint density at radius 3 is 1.25 bits per heavy atom. The lowest BCUT2D eigenvalue weighted by Crippen LogP contribution is -1.97. The molecule has 0 atom stereocenters. The highest BCUT2D eigenvalue weighted by Gasteiger charge is 2.21. The van der Waals surface area contributed by atoms with Gasteiger partial charge in [0.05, 0.1) is 38.8 Å². The van der Waals surface area contributed by atoms with Gasteiger partial charge in [0.1, 0.15) is 0 Å². The van der Waals surface area contributed by atoms with Crippen molar-refractivity contribution >= 4 is 113 Å². The van der Waals surface area contributed by atoms with E-state index in [2.05, 4.69) is 199 Å². The van der Waals surface area contributed by atoms with Crippen LogP contribution in [-0.2, 0) is 0 Å². The summed E-state index contributed by atoms with van der Waals surface area (Å²) in [6, 6.07) is 62.4. The molecule has 0 spiro atoms. The Hall–Kier alpha value is -6.14. The number of para-hydroxylation sites is 4. The first-order valence-electron chi connectivity index (χ1n) is 17.9. The molecule has 248 valence electrons. The Bertz CT molecular complexity index is 3210. The quantitative estimate of drug-likeness (QED) is 0.170. The summed E-state index contributed by atoms with van der Waals surface area (Å²) in [4.78, 5) is 0. The fourth-order valence-corrected chi connectivity index (χ4v) is 10.8. The van der Waals surface area contributed by atoms with E-state index in [1.54, 1.807) is 0 Å². The first kappa shape index (κ1) is 29.4. The number of halogens is 1. The van der Waals surface area contributed by atoms with Gasteiger partial charge in [0.2, 0.25) is 0 Å². The molecule has 0 radical (unpaired) electrons. The number of nitrogens with zero attached hydrogens (tertiary/aromatic N) is 3. The summed E-state index contributed by atoms with van der Waals surface area (Å²) in [6.07, 6.45) is 0. The van der Waals surface area contributed by atoms with Gasteiger partial charge in [-0.1, -0.05) is 101 Å². The van der Waals surface area contributed by atoms with Crippen molar-refractivity contribution in [3.8, 4) is 17.1 Å². The second-order valence-electron chi connectivity index (χ2n) is 13.8. The van der Waals surface area contributed by atoms with E-state index in [4.69, 9.17) is 0 Å². The molecule has 8 aromatic carbocycles. The zero-order valence-electron chi connectivity index (χ0n) is 28.3. The molecule has 5 heteroatoms. The zero-order valence-corrected chi connectivity index (χ0v) is 30.7. The van der Waals surface area contributed by atoms with E-state index in [1.807, 2.05) is 11.3 Å². The Kier molecular flexibility index (Phi) is 6.07. The minimum atomic E-state index is 1.12. The molecule has 12 rings (SSSR count). The minimum absolute atomic E-state index is 1.12. The lowest BCUT2D eigenvalue weighted by atomic mass is 10.1. The first-order valence-corrected chi connectivity index (χ1v) is 19.5. The molecule has 0 amide bonds. The van der Waals surface area contributed by atoms with E-state index in [9.17, 15) is 0 Å². The van der Waals surface area contributed by atoms with Crippen molar-refractivity contribution in [1.82, 2.24) is 13.7 Å². The average molecular weight is 759 g/mol. The molecule has 0 saturated carbocycles. The average Bonchev–Trinajstić information content (AvgIpc) is 3.94. The molecule has 0 aliphatic carbocycles. The molecule has 3 nitrogen and oxygen atoms in total. The van der Waals surface area contributed by atoms with Gasteiger partial charge >= 0.3 is 0 Å². The van der Waals surface area contributed by atoms with Gasteiger partial charge in [-0.05, 0) is 84.9 Å². The van der Waals surface area contributed by atoms with Crippen LogP contribution in [0.15, 0.2) is 174 Å². The van der Waals surface area contributed by atoms with E-state index < -0.39 is 0 Å². The van der Waals surface area contributed by atoms with Gasteiger partial charge < -0.3 is 13.7 Å². The number of benzene rings is 8. The van der Waals surface area contributed by atoms with Crippen molar-refractivity contribution in [3.63, 3.8) is 0 Å². The van der Waals surface area contributed by atoms with Crippen LogP contribution in [0.5, 0.6) is 0 Å². The number of aromatic nitrogens is 3. The fraction of sp³-hybridized carbons (Fsp3) is 0. The minimum Gasteiger partial charge on any atom is -0.309 e. The number of thiophene rings is 1. The van der Waals surface area contributed by atoms with Crippen LogP contribution < -0.4 is 0 Å². The standard InChI is InChI=1S/C48H28BrN3S/c49-37-15-9-21-45-47(37)48-44(20-10-22-46(48)53-45)52-42-25-23-29(50-38-16-5-1-11-31(38)32-12-2-6-17-39(32)50)27-35(42)36-28-30(24-26-43(36)52)51-40-18-7-3-13-33(40)34-14-4-8-19-41(34)51/h1-28H. The predicted molar refractivity (Wildman–Crippen MR) is 230 cm³/mol. The monoisotopic (exact) mass is 757 g/mol. The normalized spacial score (nSPS) is 12.2. The summed E-state index contributed by atoms with van der Waals surface area (Å²) in [6.45, 7) is 0.